The molecule has 0 amide bonds. The molecule has 1 rings (SSSR count). The molecule has 1 aromatic rings. The summed E-state index contributed by atoms with van der Waals surface area (Å²) in [7, 11) is 0. The number of rotatable bonds is 4. The third-order valence-electron chi connectivity index (χ3n) is 1.81. The van der Waals surface area contributed by atoms with Gasteiger partial charge in [-0.2, -0.15) is 0 Å². The molecule has 0 aromatic heterocycles. The van der Waals surface area contributed by atoms with E-state index in [0.29, 0.717) is 0 Å². The molecule has 0 aliphatic carbocycles. The van der Waals surface area contributed by atoms with E-state index >= 15 is 0 Å². The lowest BCUT2D eigenvalue weighted by Crippen LogP contribution is -1.80. The first-order chi connectivity index (χ1) is 5.83. The molecule has 0 fully saturated rings. The summed E-state index contributed by atoms with van der Waals surface area (Å²) in [5.74, 6) is 0. The van der Waals surface area contributed by atoms with Crippen LogP contribution < -0.4 is 0 Å². The summed E-state index contributed by atoms with van der Waals surface area (Å²) < 4.78 is 0. The Bertz CT molecular complexity index is 213. The minimum atomic E-state index is 0.808. The molecule has 65 valence electrons. The van der Waals surface area contributed by atoms with Gasteiger partial charge in [0.2, 0.25) is 0 Å². The standard InChI is InChI=1S/C11H14Cl/c1-2-3-4-5-10-6-8-11(12)9-7-10/h5-9H,2-4H2,1H3. The van der Waals surface area contributed by atoms with Crippen molar-refractivity contribution < 1.29 is 0 Å². The van der Waals surface area contributed by atoms with Crippen molar-refractivity contribution in [3.05, 3.63) is 41.3 Å². The highest BCUT2D eigenvalue weighted by Crippen LogP contribution is 2.13. The number of hydrogen-bond acceptors (Lipinski definition) is 0. The topological polar surface area (TPSA) is 0 Å². The minimum absolute atomic E-state index is 0.808. The summed E-state index contributed by atoms with van der Waals surface area (Å²) in [4.78, 5) is 0. The van der Waals surface area contributed by atoms with E-state index in [4.69, 9.17) is 11.6 Å². The average molecular weight is 182 g/mol. The zero-order valence-corrected chi connectivity index (χ0v) is 8.14. The van der Waals surface area contributed by atoms with Gasteiger partial charge in [-0.25, -0.2) is 0 Å². The quantitative estimate of drug-likeness (QED) is 0.614. The maximum absolute atomic E-state index is 5.76. The van der Waals surface area contributed by atoms with Gasteiger partial charge in [-0.1, -0.05) is 43.5 Å². The van der Waals surface area contributed by atoms with Gasteiger partial charge in [-0.05, 0) is 30.5 Å². The van der Waals surface area contributed by atoms with Crippen molar-refractivity contribution in [2.45, 2.75) is 26.2 Å². The maximum Gasteiger partial charge on any atom is 0.0406 e. The van der Waals surface area contributed by atoms with Crippen LogP contribution in [-0.2, 0) is 0 Å². The SMILES string of the molecule is CCCC[CH]c1ccc(Cl)cc1. The fraction of sp³-hybridized carbons (Fsp3) is 0.364. The fourth-order valence-corrected chi connectivity index (χ4v) is 1.20. The molecule has 0 saturated carbocycles. The van der Waals surface area contributed by atoms with Gasteiger partial charge in [0.15, 0.2) is 0 Å². The van der Waals surface area contributed by atoms with Crippen LogP contribution >= 0.6 is 11.6 Å². The lowest BCUT2D eigenvalue weighted by Gasteiger charge is -1.99. The number of benzene rings is 1. The maximum atomic E-state index is 5.76. The van der Waals surface area contributed by atoms with Crippen LogP contribution in [0.25, 0.3) is 0 Å². The Morgan fingerprint density at radius 3 is 2.50 bits per heavy atom. The Morgan fingerprint density at radius 2 is 1.92 bits per heavy atom. The predicted molar refractivity (Wildman–Crippen MR) is 54.4 cm³/mol. The van der Waals surface area contributed by atoms with Crippen molar-refractivity contribution in [1.82, 2.24) is 0 Å². The van der Waals surface area contributed by atoms with Crippen LogP contribution in [0.5, 0.6) is 0 Å². The van der Waals surface area contributed by atoms with Crippen molar-refractivity contribution in [2.75, 3.05) is 0 Å². The van der Waals surface area contributed by atoms with E-state index in [1.807, 2.05) is 12.1 Å². The van der Waals surface area contributed by atoms with Crippen molar-refractivity contribution in [2.24, 2.45) is 0 Å². The Balaban J connectivity index is 2.37. The molecule has 1 radical (unpaired) electrons. The van der Waals surface area contributed by atoms with Gasteiger partial charge in [-0.3, -0.25) is 0 Å². The van der Waals surface area contributed by atoms with Gasteiger partial charge >= 0.3 is 0 Å². The van der Waals surface area contributed by atoms with E-state index in [9.17, 15) is 0 Å². The monoisotopic (exact) mass is 181 g/mol. The van der Waals surface area contributed by atoms with Crippen LogP contribution in [0.15, 0.2) is 24.3 Å². The highest BCUT2D eigenvalue weighted by Gasteiger charge is 1.92. The third-order valence-corrected chi connectivity index (χ3v) is 2.06. The summed E-state index contributed by atoms with van der Waals surface area (Å²) in [6.07, 6.45) is 5.94. The highest BCUT2D eigenvalue weighted by molar-refractivity contribution is 6.30. The molecule has 1 aromatic carbocycles. The smallest absolute Gasteiger partial charge is 0.0406 e. The number of unbranched alkanes of at least 4 members (excludes halogenated alkanes) is 2. The first kappa shape index (κ1) is 9.60. The molecule has 0 unspecified atom stereocenters. The second-order valence-electron chi connectivity index (χ2n) is 2.90. The average Bonchev–Trinajstić information content (AvgIpc) is 2.09. The Kier molecular flexibility index (Phi) is 4.16. The van der Waals surface area contributed by atoms with Gasteiger partial charge in [0.1, 0.15) is 0 Å². The van der Waals surface area contributed by atoms with Crippen LogP contribution in [0.4, 0.5) is 0 Å². The van der Waals surface area contributed by atoms with Gasteiger partial charge in [0, 0.05) is 5.02 Å². The zero-order chi connectivity index (χ0) is 8.81. The van der Waals surface area contributed by atoms with Gasteiger partial charge < -0.3 is 0 Å². The Morgan fingerprint density at radius 1 is 1.25 bits per heavy atom. The summed E-state index contributed by atoms with van der Waals surface area (Å²) in [5.41, 5.74) is 1.27. The summed E-state index contributed by atoms with van der Waals surface area (Å²) >= 11 is 5.76. The largest absolute Gasteiger partial charge is 0.0843 e. The van der Waals surface area contributed by atoms with Gasteiger partial charge in [0.05, 0.1) is 0 Å². The fourth-order valence-electron chi connectivity index (χ4n) is 1.07. The van der Waals surface area contributed by atoms with E-state index in [-0.39, 0.29) is 0 Å². The van der Waals surface area contributed by atoms with Crippen molar-refractivity contribution in [3.8, 4) is 0 Å². The van der Waals surface area contributed by atoms with Crippen molar-refractivity contribution in [3.63, 3.8) is 0 Å². The summed E-state index contributed by atoms with van der Waals surface area (Å²) in [6, 6.07) is 7.97. The molecule has 0 spiro atoms. The van der Waals surface area contributed by atoms with Gasteiger partial charge in [0.25, 0.3) is 0 Å². The lowest BCUT2D eigenvalue weighted by atomic mass is 10.1. The van der Waals surface area contributed by atoms with E-state index in [0.717, 1.165) is 11.4 Å². The molecule has 12 heavy (non-hydrogen) atoms. The van der Waals surface area contributed by atoms with Crippen LogP contribution in [0.3, 0.4) is 0 Å². The zero-order valence-electron chi connectivity index (χ0n) is 7.39. The molecule has 0 saturated heterocycles. The minimum Gasteiger partial charge on any atom is -0.0843 e. The molecule has 1 heteroatoms. The van der Waals surface area contributed by atoms with E-state index in [1.54, 1.807) is 0 Å². The van der Waals surface area contributed by atoms with Crippen LogP contribution in [-0.4, -0.2) is 0 Å². The summed E-state index contributed by atoms with van der Waals surface area (Å²) in [6.45, 7) is 2.20. The van der Waals surface area contributed by atoms with Crippen molar-refractivity contribution >= 4 is 11.6 Å². The first-order valence-corrected chi connectivity index (χ1v) is 4.79. The number of halogens is 1. The molecule has 0 atom stereocenters. The van der Waals surface area contributed by atoms with Crippen LogP contribution in [0.1, 0.15) is 31.7 Å². The van der Waals surface area contributed by atoms with E-state index < -0.39 is 0 Å². The predicted octanol–water partition coefficient (Wildman–Crippen LogP) is 4.08. The molecule has 0 nitrogen and oxygen atoms in total. The van der Waals surface area contributed by atoms with Gasteiger partial charge in [-0.15, -0.1) is 0 Å². The lowest BCUT2D eigenvalue weighted by molar-refractivity contribution is 0.791. The molecule has 0 aliphatic heterocycles. The second-order valence-corrected chi connectivity index (χ2v) is 3.33. The highest BCUT2D eigenvalue weighted by atomic mass is 35.5. The molecule has 0 N–H and O–H groups in total. The third kappa shape index (κ3) is 3.27. The molecule has 0 heterocycles. The number of hydrogen-bond donors (Lipinski definition) is 0. The molecule has 0 aliphatic rings. The molecule has 0 bridgehead atoms. The molecular weight excluding hydrogens is 168 g/mol. The van der Waals surface area contributed by atoms with Crippen molar-refractivity contribution in [1.29, 1.82) is 0 Å². The first-order valence-electron chi connectivity index (χ1n) is 4.41. The Labute approximate surface area is 79.6 Å². The van der Waals surface area contributed by atoms with E-state index in [2.05, 4.69) is 25.5 Å². The second kappa shape index (κ2) is 5.21. The summed E-state index contributed by atoms with van der Waals surface area (Å²) in [5, 5.41) is 0.808. The Hall–Kier alpha value is -0.490. The normalized spacial score (nSPS) is 10.2. The van der Waals surface area contributed by atoms with Crippen LogP contribution in [0.2, 0.25) is 5.02 Å². The van der Waals surface area contributed by atoms with E-state index in [1.165, 1.54) is 18.4 Å². The molecular formula is C11H14Cl. The van der Waals surface area contributed by atoms with Crippen LogP contribution in [0, 0.1) is 6.42 Å².